The van der Waals surface area contributed by atoms with E-state index in [1.54, 1.807) is 0 Å². The molecule has 0 unspecified atom stereocenters. The molecule has 1 aromatic carbocycles. The minimum Gasteiger partial charge on any atom is -0.399 e. The molecule has 0 aliphatic carbocycles. The van der Waals surface area contributed by atoms with Crippen molar-refractivity contribution in [2.75, 3.05) is 11.4 Å². The Balaban J connectivity index is 1.58. The van der Waals surface area contributed by atoms with Crippen molar-refractivity contribution in [3.05, 3.63) is 41.1 Å². The van der Waals surface area contributed by atoms with E-state index in [9.17, 15) is 26.3 Å². The van der Waals surface area contributed by atoms with E-state index in [0.29, 0.717) is 18.5 Å². The molecule has 0 spiro atoms. The van der Waals surface area contributed by atoms with Crippen molar-refractivity contribution in [1.29, 1.82) is 0 Å². The van der Waals surface area contributed by atoms with Gasteiger partial charge in [-0.25, -0.2) is 4.98 Å². The van der Waals surface area contributed by atoms with Gasteiger partial charge >= 0.3 is 19.5 Å². The Kier molecular flexibility index (Phi) is 6.69. The van der Waals surface area contributed by atoms with Gasteiger partial charge < -0.3 is 19.2 Å². The highest BCUT2D eigenvalue weighted by Gasteiger charge is 2.52. The summed E-state index contributed by atoms with van der Waals surface area (Å²) in [6.07, 6.45) is -9.54. The van der Waals surface area contributed by atoms with Crippen LogP contribution in [0.3, 0.4) is 0 Å². The molecule has 0 radical (unpaired) electrons. The topological polar surface area (TPSA) is 76.2 Å². The zero-order valence-corrected chi connectivity index (χ0v) is 23.0. The lowest BCUT2D eigenvalue weighted by molar-refractivity contribution is -0.155. The maximum Gasteiger partial charge on any atom is 0.494 e. The third-order valence-corrected chi connectivity index (χ3v) is 7.88. The first-order valence-corrected chi connectivity index (χ1v) is 13.0. The average Bonchev–Trinajstić information content (AvgIpc) is 3.30. The van der Waals surface area contributed by atoms with E-state index < -0.39 is 54.3 Å². The summed E-state index contributed by atoms with van der Waals surface area (Å²) in [5, 5.41) is 0.901. The van der Waals surface area contributed by atoms with E-state index >= 15 is 0 Å². The van der Waals surface area contributed by atoms with Crippen LogP contribution in [0.5, 0.6) is 0 Å². The molecule has 216 valence electrons. The molecule has 1 fully saturated rings. The molecule has 14 heteroatoms. The summed E-state index contributed by atoms with van der Waals surface area (Å²) in [4.78, 5) is 14.4. The number of aromatic nitrogens is 4. The van der Waals surface area contributed by atoms with Crippen molar-refractivity contribution in [3.8, 4) is 0 Å². The summed E-state index contributed by atoms with van der Waals surface area (Å²) < 4.78 is 93.3. The molecule has 1 N–H and O–H groups in total. The molecule has 2 aliphatic rings. The van der Waals surface area contributed by atoms with Crippen LogP contribution in [0.4, 0.5) is 32.3 Å². The molecule has 4 heterocycles. The Morgan fingerprint density at radius 3 is 2.08 bits per heavy atom. The van der Waals surface area contributed by atoms with Gasteiger partial charge in [0.25, 0.3) is 0 Å². The average molecular weight is 569 g/mol. The molecule has 1 saturated heterocycles. The van der Waals surface area contributed by atoms with E-state index in [1.807, 2.05) is 59.7 Å². The highest BCUT2D eigenvalue weighted by atomic mass is 19.4. The zero-order valence-electron chi connectivity index (χ0n) is 23.0. The predicted molar refractivity (Wildman–Crippen MR) is 137 cm³/mol. The van der Waals surface area contributed by atoms with Gasteiger partial charge in [-0.1, -0.05) is 26.0 Å². The lowest BCUT2D eigenvalue weighted by atomic mass is 9.78. The predicted octanol–water partition coefficient (Wildman–Crippen LogP) is 5.84. The van der Waals surface area contributed by atoms with Gasteiger partial charge in [-0.2, -0.15) is 36.3 Å². The van der Waals surface area contributed by atoms with Crippen LogP contribution in [0.1, 0.15) is 76.9 Å². The summed E-state index contributed by atoms with van der Waals surface area (Å²) >= 11 is 0. The molecule has 0 amide bonds. The van der Waals surface area contributed by atoms with Gasteiger partial charge in [-0.05, 0) is 63.5 Å². The summed E-state index contributed by atoms with van der Waals surface area (Å²) in [6.45, 7) is 11.8. The number of H-pyrrole nitrogens is 1. The number of aromatic amines is 1. The van der Waals surface area contributed by atoms with Crippen LogP contribution in [-0.4, -0.2) is 44.8 Å². The number of halogens is 6. The van der Waals surface area contributed by atoms with Gasteiger partial charge in [0.2, 0.25) is 17.6 Å². The van der Waals surface area contributed by atoms with Crippen LogP contribution in [-0.2, 0) is 28.1 Å². The SMILES string of the molecule is CC(C)C[C@H]1c2[nH]c3ccc(B4OC(C)(C)C(C)(C)O4)cc3c2CCN1c1nc(C(F)(F)F)nc(C(F)(F)F)n1. The minimum absolute atomic E-state index is 0.0659. The number of rotatable bonds is 4. The van der Waals surface area contributed by atoms with Crippen LogP contribution < -0.4 is 10.4 Å². The Labute approximate surface area is 227 Å². The van der Waals surface area contributed by atoms with Crippen molar-refractivity contribution >= 4 is 29.4 Å². The second kappa shape index (κ2) is 9.33. The van der Waals surface area contributed by atoms with Crippen LogP contribution in [0.2, 0.25) is 0 Å². The van der Waals surface area contributed by atoms with E-state index in [4.69, 9.17) is 9.31 Å². The number of fused-ring (bicyclic) bond motifs is 3. The number of nitrogens with zero attached hydrogens (tertiary/aromatic N) is 4. The lowest BCUT2D eigenvalue weighted by Crippen LogP contribution is -2.41. The molecular formula is C26H30BF6N5O2. The standard InChI is InChI=1S/C26H30BF6N5O2/c1-13(2)11-18-19-15(9-10-38(18)22-36-20(25(28,29)30)35-21(37-22)26(31,32)33)16-12-14(7-8-17(16)34-19)27-39-23(3,4)24(5,6)40-27/h7-8,12-13,18,34H,9-11H2,1-6H3/t18-/m0/s1. The molecule has 7 nitrogen and oxygen atoms in total. The van der Waals surface area contributed by atoms with Gasteiger partial charge in [0.05, 0.1) is 17.2 Å². The normalized spacial score (nSPS) is 21.0. The summed E-state index contributed by atoms with van der Waals surface area (Å²) in [5.41, 5.74) is 2.21. The Morgan fingerprint density at radius 1 is 0.975 bits per heavy atom. The molecule has 0 bridgehead atoms. The molecule has 5 rings (SSSR count). The number of anilines is 1. The largest absolute Gasteiger partial charge is 0.494 e. The second-order valence-corrected chi connectivity index (χ2v) is 11.8. The molecule has 2 aromatic heterocycles. The first-order chi connectivity index (χ1) is 18.4. The van der Waals surface area contributed by atoms with Crippen molar-refractivity contribution in [1.82, 2.24) is 19.9 Å². The highest BCUT2D eigenvalue weighted by molar-refractivity contribution is 6.62. The Bertz CT molecular complexity index is 1390. The fourth-order valence-corrected chi connectivity index (χ4v) is 5.19. The van der Waals surface area contributed by atoms with Crippen molar-refractivity contribution in [2.24, 2.45) is 5.92 Å². The van der Waals surface area contributed by atoms with Gasteiger partial charge in [-0.3, -0.25) is 0 Å². The minimum atomic E-state index is -5.17. The molecule has 2 aliphatic heterocycles. The van der Waals surface area contributed by atoms with Crippen molar-refractivity contribution in [2.45, 2.75) is 84.0 Å². The lowest BCUT2D eigenvalue weighted by Gasteiger charge is -2.37. The fraction of sp³-hybridized carbons (Fsp3) is 0.577. The molecular weight excluding hydrogens is 539 g/mol. The van der Waals surface area contributed by atoms with Crippen LogP contribution in [0, 0.1) is 5.92 Å². The molecule has 3 aromatic rings. The monoisotopic (exact) mass is 569 g/mol. The van der Waals surface area contributed by atoms with Crippen LogP contribution in [0.25, 0.3) is 10.9 Å². The van der Waals surface area contributed by atoms with E-state index in [2.05, 4.69) is 19.9 Å². The second-order valence-electron chi connectivity index (χ2n) is 11.8. The van der Waals surface area contributed by atoms with Gasteiger partial charge in [0.15, 0.2) is 0 Å². The number of nitrogens with one attached hydrogen (secondary N) is 1. The number of hydrogen-bond donors (Lipinski definition) is 1. The maximum absolute atomic E-state index is 13.5. The molecule has 0 saturated carbocycles. The maximum atomic E-state index is 13.5. The van der Waals surface area contributed by atoms with Crippen LogP contribution in [0.15, 0.2) is 18.2 Å². The van der Waals surface area contributed by atoms with Gasteiger partial charge in [0.1, 0.15) is 0 Å². The smallest absolute Gasteiger partial charge is 0.399 e. The highest BCUT2D eigenvalue weighted by Crippen LogP contribution is 2.41. The molecule has 1 atom stereocenters. The first kappa shape index (κ1) is 28.7. The Morgan fingerprint density at radius 2 is 1.55 bits per heavy atom. The quantitative estimate of drug-likeness (QED) is 0.315. The Hall–Kier alpha value is -2.87. The fourth-order valence-electron chi connectivity index (χ4n) is 5.19. The number of benzene rings is 1. The van der Waals surface area contributed by atoms with E-state index in [-0.39, 0.29) is 12.5 Å². The number of alkyl halides is 6. The summed E-state index contributed by atoms with van der Waals surface area (Å²) in [7, 11) is -0.585. The third-order valence-electron chi connectivity index (χ3n) is 7.88. The molecule has 40 heavy (non-hydrogen) atoms. The summed E-state index contributed by atoms with van der Waals surface area (Å²) in [5.74, 6) is -4.33. The third kappa shape index (κ3) is 5.04. The summed E-state index contributed by atoms with van der Waals surface area (Å²) in [6, 6.07) is 5.17. The van der Waals surface area contributed by atoms with Gasteiger partial charge in [-0.15, -0.1) is 0 Å². The van der Waals surface area contributed by atoms with Crippen LogP contribution >= 0.6 is 0 Å². The number of hydrogen-bond acceptors (Lipinski definition) is 6. The van der Waals surface area contributed by atoms with E-state index in [1.165, 1.54) is 4.90 Å². The van der Waals surface area contributed by atoms with Gasteiger partial charge in [0, 0.05) is 23.1 Å². The van der Waals surface area contributed by atoms with Crippen molar-refractivity contribution < 1.29 is 35.7 Å². The zero-order chi connectivity index (χ0) is 29.4. The first-order valence-electron chi connectivity index (χ1n) is 13.0. The van der Waals surface area contributed by atoms with Crippen molar-refractivity contribution in [3.63, 3.8) is 0 Å². The van der Waals surface area contributed by atoms with E-state index in [0.717, 1.165) is 21.9 Å².